The topological polar surface area (TPSA) is 50.7 Å². The second-order valence-electron chi connectivity index (χ2n) is 7.39. The third-order valence-electron chi connectivity index (χ3n) is 5.67. The van der Waals surface area contributed by atoms with E-state index in [1.165, 1.54) is 16.7 Å². The van der Waals surface area contributed by atoms with Gasteiger partial charge in [0.15, 0.2) is 11.5 Å². The standard InChI is InChI=1S/C25H27NO3/c1-28-20-10-6-9-18(15-20)24-23-19(16-22(29-2)25(24)27)13-14-26-21(23)12-11-17-7-4-3-5-8-17/h3-10,15-16,21,26-27H,11-14H2,1-2H3. The summed E-state index contributed by atoms with van der Waals surface area (Å²) in [5.74, 6) is 1.47. The van der Waals surface area contributed by atoms with Crippen molar-refractivity contribution in [3.05, 3.63) is 77.4 Å². The van der Waals surface area contributed by atoms with E-state index in [9.17, 15) is 5.11 Å². The molecule has 0 spiro atoms. The van der Waals surface area contributed by atoms with Crippen molar-refractivity contribution in [1.82, 2.24) is 5.32 Å². The molecule has 150 valence electrons. The van der Waals surface area contributed by atoms with Crippen LogP contribution in [0, 0.1) is 0 Å². The van der Waals surface area contributed by atoms with Gasteiger partial charge in [0.1, 0.15) is 5.75 Å². The van der Waals surface area contributed by atoms with Gasteiger partial charge in [-0.3, -0.25) is 0 Å². The molecule has 4 nitrogen and oxygen atoms in total. The van der Waals surface area contributed by atoms with Crippen LogP contribution in [0.2, 0.25) is 0 Å². The fourth-order valence-corrected chi connectivity index (χ4v) is 4.23. The van der Waals surface area contributed by atoms with E-state index in [1.54, 1.807) is 14.2 Å². The zero-order valence-corrected chi connectivity index (χ0v) is 16.9. The third-order valence-corrected chi connectivity index (χ3v) is 5.67. The van der Waals surface area contributed by atoms with Gasteiger partial charge in [-0.1, -0.05) is 42.5 Å². The molecular formula is C25H27NO3. The maximum Gasteiger partial charge on any atom is 0.166 e. The summed E-state index contributed by atoms with van der Waals surface area (Å²) in [7, 11) is 3.26. The first-order valence-electron chi connectivity index (χ1n) is 10.1. The normalized spacial score (nSPS) is 15.6. The fraction of sp³-hybridized carbons (Fsp3) is 0.280. The molecule has 0 bridgehead atoms. The quantitative estimate of drug-likeness (QED) is 0.630. The highest BCUT2D eigenvalue weighted by Gasteiger charge is 2.28. The summed E-state index contributed by atoms with van der Waals surface area (Å²) in [5.41, 5.74) is 5.49. The Bertz CT molecular complexity index is 985. The Labute approximate surface area is 172 Å². The number of hydrogen-bond donors (Lipinski definition) is 2. The van der Waals surface area contributed by atoms with Crippen LogP contribution in [0.25, 0.3) is 11.1 Å². The van der Waals surface area contributed by atoms with Crippen LogP contribution in [0.4, 0.5) is 0 Å². The van der Waals surface area contributed by atoms with E-state index in [-0.39, 0.29) is 11.8 Å². The van der Waals surface area contributed by atoms with Gasteiger partial charge >= 0.3 is 0 Å². The molecule has 0 aliphatic carbocycles. The Kier molecular flexibility index (Phi) is 5.72. The van der Waals surface area contributed by atoms with Crippen molar-refractivity contribution in [3.8, 4) is 28.4 Å². The molecule has 4 heteroatoms. The number of nitrogens with one attached hydrogen (secondary N) is 1. The molecule has 29 heavy (non-hydrogen) atoms. The smallest absolute Gasteiger partial charge is 0.166 e. The summed E-state index contributed by atoms with van der Waals surface area (Å²) < 4.78 is 10.9. The zero-order chi connectivity index (χ0) is 20.2. The first-order chi connectivity index (χ1) is 14.2. The number of hydrogen-bond acceptors (Lipinski definition) is 4. The van der Waals surface area contributed by atoms with Crippen LogP contribution >= 0.6 is 0 Å². The average molecular weight is 389 g/mol. The van der Waals surface area contributed by atoms with E-state index in [2.05, 4.69) is 29.6 Å². The van der Waals surface area contributed by atoms with Crippen LogP contribution < -0.4 is 14.8 Å². The molecule has 1 aliphatic rings. The number of phenolic OH excluding ortho intramolecular Hbond substituents is 1. The van der Waals surface area contributed by atoms with Gasteiger partial charge < -0.3 is 19.9 Å². The minimum Gasteiger partial charge on any atom is -0.504 e. The lowest BCUT2D eigenvalue weighted by Crippen LogP contribution is -2.31. The molecule has 1 atom stereocenters. The van der Waals surface area contributed by atoms with Crippen LogP contribution in [0.3, 0.4) is 0 Å². The summed E-state index contributed by atoms with van der Waals surface area (Å²) in [6.07, 6.45) is 2.84. The molecule has 0 aromatic heterocycles. The molecule has 0 amide bonds. The van der Waals surface area contributed by atoms with Crippen molar-refractivity contribution < 1.29 is 14.6 Å². The van der Waals surface area contributed by atoms with Crippen molar-refractivity contribution in [2.75, 3.05) is 20.8 Å². The molecule has 2 N–H and O–H groups in total. The van der Waals surface area contributed by atoms with Crippen LogP contribution in [0.1, 0.15) is 29.2 Å². The molecular weight excluding hydrogens is 362 g/mol. The van der Waals surface area contributed by atoms with E-state index in [4.69, 9.17) is 9.47 Å². The first kappa shape index (κ1) is 19.3. The number of aromatic hydroxyl groups is 1. The Morgan fingerprint density at radius 2 is 1.83 bits per heavy atom. The maximum atomic E-state index is 11.1. The molecule has 3 aromatic rings. The number of phenols is 1. The minimum absolute atomic E-state index is 0.164. The van der Waals surface area contributed by atoms with Gasteiger partial charge in [-0.2, -0.15) is 0 Å². The van der Waals surface area contributed by atoms with E-state index in [0.717, 1.165) is 42.7 Å². The summed E-state index contributed by atoms with van der Waals surface area (Å²) in [6.45, 7) is 0.915. The van der Waals surface area contributed by atoms with E-state index >= 15 is 0 Å². The second-order valence-corrected chi connectivity index (χ2v) is 7.39. The first-order valence-corrected chi connectivity index (χ1v) is 10.1. The van der Waals surface area contributed by atoms with Gasteiger partial charge in [-0.15, -0.1) is 0 Å². The fourth-order valence-electron chi connectivity index (χ4n) is 4.23. The molecule has 1 heterocycles. The van der Waals surface area contributed by atoms with Gasteiger partial charge in [-0.25, -0.2) is 0 Å². The molecule has 0 radical (unpaired) electrons. The Morgan fingerprint density at radius 3 is 2.59 bits per heavy atom. The monoisotopic (exact) mass is 389 g/mol. The number of fused-ring (bicyclic) bond motifs is 1. The van der Waals surface area contributed by atoms with E-state index < -0.39 is 0 Å². The number of benzene rings is 3. The summed E-state index contributed by atoms with van der Waals surface area (Å²) >= 11 is 0. The molecule has 3 aromatic carbocycles. The predicted octanol–water partition coefficient (Wildman–Crippen LogP) is 4.90. The summed E-state index contributed by atoms with van der Waals surface area (Å²) in [6, 6.07) is 20.5. The van der Waals surface area contributed by atoms with E-state index in [0.29, 0.717) is 5.75 Å². The van der Waals surface area contributed by atoms with Crippen molar-refractivity contribution in [2.45, 2.75) is 25.3 Å². The third kappa shape index (κ3) is 3.94. The molecule has 0 fully saturated rings. The minimum atomic E-state index is 0.164. The Hall–Kier alpha value is -2.98. The van der Waals surface area contributed by atoms with Crippen molar-refractivity contribution >= 4 is 0 Å². The van der Waals surface area contributed by atoms with E-state index in [1.807, 2.05) is 36.4 Å². The predicted molar refractivity (Wildman–Crippen MR) is 116 cm³/mol. The SMILES string of the molecule is COc1cccc(-c2c(O)c(OC)cc3c2C(CCc2ccccc2)NCC3)c1. The Balaban J connectivity index is 1.79. The zero-order valence-electron chi connectivity index (χ0n) is 16.9. The highest BCUT2D eigenvalue weighted by Crippen LogP contribution is 2.46. The average Bonchev–Trinajstić information content (AvgIpc) is 2.78. The molecule has 0 saturated heterocycles. The van der Waals surface area contributed by atoms with Crippen LogP contribution in [0.15, 0.2) is 60.7 Å². The van der Waals surface area contributed by atoms with Gasteiger partial charge in [-0.05, 0) is 66.3 Å². The van der Waals surface area contributed by atoms with Crippen molar-refractivity contribution in [1.29, 1.82) is 0 Å². The van der Waals surface area contributed by atoms with Gasteiger partial charge in [0.25, 0.3) is 0 Å². The lowest BCUT2D eigenvalue weighted by atomic mass is 9.84. The van der Waals surface area contributed by atoms with Gasteiger partial charge in [0.05, 0.1) is 14.2 Å². The molecule has 1 unspecified atom stereocenters. The molecule has 4 rings (SSSR count). The van der Waals surface area contributed by atoms with Crippen LogP contribution in [-0.4, -0.2) is 25.9 Å². The lowest BCUT2D eigenvalue weighted by molar-refractivity contribution is 0.371. The highest BCUT2D eigenvalue weighted by atomic mass is 16.5. The molecule has 1 aliphatic heterocycles. The molecule has 0 saturated carbocycles. The van der Waals surface area contributed by atoms with Gasteiger partial charge in [0.2, 0.25) is 0 Å². The van der Waals surface area contributed by atoms with Crippen LogP contribution in [0.5, 0.6) is 17.2 Å². The Morgan fingerprint density at radius 1 is 1.00 bits per heavy atom. The number of rotatable bonds is 6. The lowest BCUT2D eigenvalue weighted by Gasteiger charge is -2.31. The highest BCUT2D eigenvalue weighted by molar-refractivity contribution is 5.80. The number of aryl methyl sites for hydroxylation is 1. The number of methoxy groups -OCH3 is 2. The van der Waals surface area contributed by atoms with Crippen molar-refractivity contribution in [2.24, 2.45) is 0 Å². The maximum absolute atomic E-state index is 11.1. The second kappa shape index (κ2) is 8.58. The van der Waals surface area contributed by atoms with Crippen molar-refractivity contribution in [3.63, 3.8) is 0 Å². The van der Waals surface area contributed by atoms with Crippen LogP contribution in [-0.2, 0) is 12.8 Å². The summed E-state index contributed by atoms with van der Waals surface area (Å²) in [5, 5.41) is 14.7. The summed E-state index contributed by atoms with van der Waals surface area (Å²) in [4.78, 5) is 0. The van der Waals surface area contributed by atoms with Gasteiger partial charge in [0, 0.05) is 11.6 Å². The largest absolute Gasteiger partial charge is 0.504 e. The number of ether oxygens (including phenoxy) is 2.